The molecule has 0 aromatic heterocycles. The van der Waals surface area contributed by atoms with Crippen LogP contribution in [0.15, 0.2) is 30.3 Å². The molecule has 4 nitrogen and oxygen atoms in total. The maximum Gasteiger partial charge on any atom is 0.264 e. The van der Waals surface area contributed by atoms with Crippen molar-refractivity contribution in [1.82, 2.24) is 0 Å². The van der Waals surface area contributed by atoms with E-state index in [-0.39, 0.29) is 12.2 Å². The molecule has 0 bridgehead atoms. The predicted octanol–water partition coefficient (Wildman–Crippen LogP) is 1.88. The fourth-order valence-corrected chi connectivity index (χ4v) is 2.67. The number of hydrogen-bond donors (Lipinski definition) is 0. The van der Waals surface area contributed by atoms with E-state index in [0.717, 1.165) is 11.8 Å². The lowest BCUT2D eigenvalue weighted by Gasteiger charge is -2.28. The van der Waals surface area contributed by atoms with E-state index >= 15 is 0 Å². The Hall–Kier alpha value is -0.910. The molecule has 0 spiro atoms. The lowest BCUT2D eigenvalue weighted by Crippen LogP contribution is -2.28. The van der Waals surface area contributed by atoms with Gasteiger partial charge >= 0.3 is 0 Å². The fraction of sp³-hybridized carbons (Fsp3) is 0.500. The molecule has 1 saturated heterocycles. The molecule has 0 N–H and O–H groups in total. The van der Waals surface area contributed by atoms with Crippen LogP contribution >= 0.6 is 0 Å². The van der Waals surface area contributed by atoms with Crippen LogP contribution in [0.3, 0.4) is 0 Å². The van der Waals surface area contributed by atoms with E-state index in [2.05, 4.69) is 0 Å². The van der Waals surface area contributed by atoms with Gasteiger partial charge in [0.05, 0.1) is 18.5 Å². The first kappa shape index (κ1) is 12.5. The quantitative estimate of drug-likeness (QED) is 0.775. The minimum absolute atomic E-state index is 0.0725. The van der Waals surface area contributed by atoms with Crippen LogP contribution in [0.25, 0.3) is 0 Å². The third kappa shape index (κ3) is 3.80. The molecule has 1 aromatic rings. The van der Waals surface area contributed by atoms with Crippen molar-refractivity contribution in [2.75, 3.05) is 12.9 Å². The highest BCUT2D eigenvalue weighted by Crippen LogP contribution is 2.29. The Bertz CT molecular complexity index is 455. The van der Waals surface area contributed by atoms with Crippen molar-refractivity contribution in [3.8, 4) is 0 Å². The zero-order valence-electron chi connectivity index (χ0n) is 9.70. The molecule has 1 aliphatic heterocycles. The van der Waals surface area contributed by atoms with Crippen molar-refractivity contribution < 1.29 is 17.3 Å². The molecule has 1 fully saturated rings. The second-order valence-electron chi connectivity index (χ2n) is 4.22. The van der Waals surface area contributed by atoms with Crippen LogP contribution in [0.1, 0.15) is 24.5 Å². The van der Waals surface area contributed by atoms with Gasteiger partial charge in [0.2, 0.25) is 0 Å². The summed E-state index contributed by atoms with van der Waals surface area (Å²) in [5.74, 6) is 0. The van der Waals surface area contributed by atoms with E-state index in [0.29, 0.717) is 19.4 Å². The molecule has 1 aromatic carbocycles. The second-order valence-corrected chi connectivity index (χ2v) is 5.82. The number of rotatable bonds is 3. The standard InChI is InChI=1S/C12H16O4S/c1-17(13,14)16-11-7-8-15-12(9-11)10-5-3-2-4-6-10/h2-6,11-12H,7-9H2,1H3. The fourth-order valence-electron chi connectivity index (χ4n) is 2.00. The summed E-state index contributed by atoms with van der Waals surface area (Å²) in [6, 6.07) is 9.79. The van der Waals surface area contributed by atoms with Crippen molar-refractivity contribution >= 4 is 10.1 Å². The van der Waals surface area contributed by atoms with Crippen LogP contribution in [0.5, 0.6) is 0 Å². The van der Waals surface area contributed by atoms with E-state index < -0.39 is 10.1 Å². The van der Waals surface area contributed by atoms with E-state index in [1.54, 1.807) is 0 Å². The second kappa shape index (κ2) is 5.16. The molecule has 17 heavy (non-hydrogen) atoms. The molecular weight excluding hydrogens is 240 g/mol. The van der Waals surface area contributed by atoms with Gasteiger partial charge in [-0.1, -0.05) is 30.3 Å². The Labute approximate surface area is 102 Å². The van der Waals surface area contributed by atoms with Gasteiger partial charge in [-0.25, -0.2) is 0 Å². The summed E-state index contributed by atoms with van der Waals surface area (Å²) in [5.41, 5.74) is 1.06. The third-order valence-electron chi connectivity index (χ3n) is 2.72. The predicted molar refractivity (Wildman–Crippen MR) is 64.1 cm³/mol. The number of hydrogen-bond acceptors (Lipinski definition) is 4. The summed E-state index contributed by atoms with van der Waals surface area (Å²) < 4.78 is 32.8. The maximum absolute atomic E-state index is 11.1. The molecular formula is C12H16O4S. The van der Waals surface area contributed by atoms with Crippen LogP contribution in [0.4, 0.5) is 0 Å². The Morgan fingerprint density at radius 1 is 1.29 bits per heavy atom. The van der Waals surface area contributed by atoms with Gasteiger partial charge in [0.15, 0.2) is 0 Å². The molecule has 2 unspecified atom stereocenters. The van der Waals surface area contributed by atoms with E-state index in [4.69, 9.17) is 8.92 Å². The van der Waals surface area contributed by atoms with Crippen molar-refractivity contribution in [2.24, 2.45) is 0 Å². The lowest BCUT2D eigenvalue weighted by molar-refractivity contribution is -0.0342. The molecule has 0 aliphatic carbocycles. The van der Waals surface area contributed by atoms with Gasteiger partial charge in [0.25, 0.3) is 10.1 Å². The zero-order valence-corrected chi connectivity index (χ0v) is 10.5. The van der Waals surface area contributed by atoms with Gasteiger partial charge in [-0.05, 0) is 12.0 Å². The average Bonchev–Trinajstić information content (AvgIpc) is 2.28. The molecule has 1 heterocycles. The Morgan fingerprint density at radius 3 is 2.65 bits per heavy atom. The molecule has 1 aliphatic rings. The van der Waals surface area contributed by atoms with Crippen molar-refractivity contribution in [1.29, 1.82) is 0 Å². The SMILES string of the molecule is CS(=O)(=O)OC1CCOC(c2ccccc2)C1. The van der Waals surface area contributed by atoms with Crippen molar-refractivity contribution in [3.05, 3.63) is 35.9 Å². The first-order valence-electron chi connectivity index (χ1n) is 5.59. The molecule has 0 saturated carbocycles. The van der Waals surface area contributed by atoms with Gasteiger partial charge in [-0.2, -0.15) is 8.42 Å². The smallest absolute Gasteiger partial charge is 0.264 e. The summed E-state index contributed by atoms with van der Waals surface area (Å²) in [6.45, 7) is 0.528. The van der Waals surface area contributed by atoms with E-state index in [1.165, 1.54) is 0 Å². The zero-order chi connectivity index (χ0) is 12.3. The molecule has 2 atom stereocenters. The van der Waals surface area contributed by atoms with E-state index in [1.807, 2.05) is 30.3 Å². The minimum Gasteiger partial charge on any atom is -0.373 e. The van der Waals surface area contributed by atoms with Crippen LogP contribution in [0.2, 0.25) is 0 Å². The molecule has 0 amide bonds. The van der Waals surface area contributed by atoms with Crippen LogP contribution in [0, 0.1) is 0 Å². The average molecular weight is 256 g/mol. The topological polar surface area (TPSA) is 52.6 Å². The van der Waals surface area contributed by atoms with Gasteiger partial charge < -0.3 is 4.74 Å². The Kier molecular flexibility index (Phi) is 3.81. The summed E-state index contributed by atoms with van der Waals surface area (Å²) in [4.78, 5) is 0. The summed E-state index contributed by atoms with van der Waals surface area (Å²) in [5, 5.41) is 0. The lowest BCUT2D eigenvalue weighted by atomic mass is 10.00. The minimum atomic E-state index is -3.38. The Balaban J connectivity index is 2.03. The van der Waals surface area contributed by atoms with Crippen molar-refractivity contribution in [3.63, 3.8) is 0 Å². The molecule has 0 radical (unpaired) electrons. The highest BCUT2D eigenvalue weighted by molar-refractivity contribution is 7.86. The Morgan fingerprint density at radius 2 is 2.00 bits per heavy atom. The van der Waals surface area contributed by atoms with Crippen molar-refractivity contribution in [2.45, 2.75) is 25.0 Å². The van der Waals surface area contributed by atoms with Gasteiger partial charge in [0, 0.05) is 13.0 Å². The molecule has 5 heteroatoms. The highest BCUT2D eigenvalue weighted by Gasteiger charge is 2.26. The highest BCUT2D eigenvalue weighted by atomic mass is 32.2. The van der Waals surface area contributed by atoms with Gasteiger partial charge in [-0.15, -0.1) is 0 Å². The van der Waals surface area contributed by atoms with E-state index in [9.17, 15) is 8.42 Å². The molecule has 2 rings (SSSR count). The molecule has 94 valence electrons. The largest absolute Gasteiger partial charge is 0.373 e. The normalized spacial score (nSPS) is 25.7. The van der Waals surface area contributed by atoms with Gasteiger partial charge in [-0.3, -0.25) is 4.18 Å². The monoisotopic (exact) mass is 256 g/mol. The van der Waals surface area contributed by atoms with Crippen LogP contribution < -0.4 is 0 Å². The van der Waals surface area contributed by atoms with Crippen LogP contribution in [-0.4, -0.2) is 27.4 Å². The summed E-state index contributed by atoms with van der Waals surface area (Å²) in [7, 11) is -3.38. The van der Waals surface area contributed by atoms with Gasteiger partial charge in [0.1, 0.15) is 0 Å². The summed E-state index contributed by atoms with van der Waals surface area (Å²) in [6.07, 6.45) is 1.94. The maximum atomic E-state index is 11.1. The first-order valence-corrected chi connectivity index (χ1v) is 7.41. The van der Waals surface area contributed by atoms with Crippen LogP contribution in [-0.2, 0) is 19.0 Å². The number of ether oxygens (including phenoxy) is 1. The first-order chi connectivity index (χ1) is 8.04. The number of benzene rings is 1. The summed E-state index contributed by atoms with van der Waals surface area (Å²) >= 11 is 0. The third-order valence-corrected chi connectivity index (χ3v) is 3.34.